The van der Waals surface area contributed by atoms with Crippen molar-refractivity contribution in [1.29, 1.82) is 0 Å². The lowest BCUT2D eigenvalue weighted by Crippen LogP contribution is -1.92. The van der Waals surface area contributed by atoms with Crippen LogP contribution in [0.4, 0.5) is 0 Å². The Hall–Kier alpha value is -1.02. The minimum Gasteiger partial charge on any atom is -0.496 e. The van der Waals surface area contributed by atoms with Crippen molar-refractivity contribution >= 4 is 17.9 Å². The molecule has 0 unspecified atom stereocenters. The monoisotopic (exact) mass is 184 g/mol. The van der Waals surface area contributed by atoms with Gasteiger partial charge in [-0.2, -0.15) is 0 Å². The molecule has 64 valence electrons. The SMILES string of the molecule is COc1cc(C)cc(Cl)c1C=O. The van der Waals surface area contributed by atoms with Gasteiger partial charge in [0.15, 0.2) is 6.29 Å². The summed E-state index contributed by atoms with van der Waals surface area (Å²) >= 11 is 5.80. The second-order valence-corrected chi connectivity index (χ2v) is 2.89. The van der Waals surface area contributed by atoms with Gasteiger partial charge in [-0.25, -0.2) is 0 Å². The third kappa shape index (κ3) is 1.59. The average molecular weight is 185 g/mol. The molecule has 0 atom stereocenters. The van der Waals surface area contributed by atoms with Gasteiger partial charge in [-0.15, -0.1) is 0 Å². The highest BCUT2D eigenvalue weighted by atomic mass is 35.5. The number of hydrogen-bond donors (Lipinski definition) is 0. The van der Waals surface area contributed by atoms with Gasteiger partial charge in [0.05, 0.1) is 17.7 Å². The Morgan fingerprint density at radius 3 is 2.67 bits per heavy atom. The summed E-state index contributed by atoms with van der Waals surface area (Å²) in [5.41, 5.74) is 1.38. The second kappa shape index (κ2) is 3.59. The van der Waals surface area contributed by atoms with Gasteiger partial charge in [-0.05, 0) is 24.6 Å². The molecular formula is C9H9ClO2. The smallest absolute Gasteiger partial charge is 0.155 e. The zero-order valence-electron chi connectivity index (χ0n) is 6.93. The van der Waals surface area contributed by atoms with E-state index < -0.39 is 0 Å². The summed E-state index contributed by atoms with van der Waals surface area (Å²) in [5, 5.41) is 0.432. The van der Waals surface area contributed by atoms with E-state index in [2.05, 4.69) is 0 Å². The first kappa shape index (κ1) is 9.07. The van der Waals surface area contributed by atoms with Crippen molar-refractivity contribution in [2.24, 2.45) is 0 Å². The molecule has 0 aliphatic heterocycles. The van der Waals surface area contributed by atoms with Crippen LogP contribution >= 0.6 is 11.6 Å². The van der Waals surface area contributed by atoms with Crippen LogP contribution in [0.2, 0.25) is 5.02 Å². The van der Waals surface area contributed by atoms with Crippen LogP contribution in [-0.4, -0.2) is 13.4 Å². The molecule has 0 fully saturated rings. The van der Waals surface area contributed by atoms with Crippen LogP contribution in [0.3, 0.4) is 0 Å². The molecule has 0 spiro atoms. The zero-order valence-corrected chi connectivity index (χ0v) is 7.68. The fourth-order valence-corrected chi connectivity index (χ4v) is 1.31. The predicted octanol–water partition coefficient (Wildman–Crippen LogP) is 2.47. The van der Waals surface area contributed by atoms with Gasteiger partial charge < -0.3 is 4.74 Å². The standard InChI is InChI=1S/C9H9ClO2/c1-6-3-8(10)7(5-11)9(4-6)12-2/h3-5H,1-2H3. The lowest BCUT2D eigenvalue weighted by molar-refractivity contribution is 0.112. The van der Waals surface area contributed by atoms with Gasteiger partial charge >= 0.3 is 0 Å². The highest BCUT2D eigenvalue weighted by Gasteiger charge is 2.06. The molecule has 0 saturated carbocycles. The van der Waals surface area contributed by atoms with E-state index in [1.54, 1.807) is 12.1 Å². The molecule has 0 aromatic heterocycles. The number of halogens is 1. The largest absolute Gasteiger partial charge is 0.496 e. The number of aryl methyl sites for hydroxylation is 1. The Morgan fingerprint density at radius 2 is 2.17 bits per heavy atom. The quantitative estimate of drug-likeness (QED) is 0.660. The van der Waals surface area contributed by atoms with Crippen LogP contribution in [-0.2, 0) is 0 Å². The van der Waals surface area contributed by atoms with Gasteiger partial charge in [-0.3, -0.25) is 4.79 Å². The van der Waals surface area contributed by atoms with E-state index in [4.69, 9.17) is 16.3 Å². The van der Waals surface area contributed by atoms with Crippen LogP contribution in [0.1, 0.15) is 15.9 Å². The Morgan fingerprint density at radius 1 is 1.50 bits per heavy atom. The van der Waals surface area contributed by atoms with Crippen LogP contribution < -0.4 is 4.74 Å². The molecule has 0 heterocycles. The van der Waals surface area contributed by atoms with Crippen molar-refractivity contribution in [2.75, 3.05) is 7.11 Å². The topological polar surface area (TPSA) is 26.3 Å². The van der Waals surface area contributed by atoms with Crippen LogP contribution in [0.5, 0.6) is 5.75 Å². The number of carbonyl (C=O) groups excluding carboxylic acids is 1. The Kier molecular flexibility index (Phi) is 2.71. The number of hydrogen-bond acceptors (Lipinski definition) is 2. The van der Waals surface area contributed by atoms with Crippen LogP contribution in [0.25, 0.3) is 0 Å². The lowest BCUT2D eigenvalue weighted by atomic mass is 10.1. The molecule has 3 heteroatoms. The zero-order chi connectivity index (χ0) is 9.14. The molecule has 1 rings (SSSR count). The molecule has 0 bridgehead atoms. The van der Waals surface area contributed by atoms with Gasteiger partial charge in [0, 0.05) is 0 Å². The maximum absolute atomic E-state index is 10.6. The Bertz CT molecular complexity index is 308. The van der Waals surface area contributed by atoms with Gasteiger partial charge in [0.2, 0.25) is 0 Å². The second-order valence-electron chi connectivity index (χ2n) is 2.48. The first-order valence-corrected chi connectivity index (χ1v) is 3.86. The summed E-state index contributed by atoms with van der Waals surface area (Å²) < 4.78 is 4.98. The number of ether oxygens (including phenoxy) is 1. The summed E-state index contributed by atoms with van der Waals surface area (Å²) in [5.74, 6) is 0.523. The predicted molar refractivity (Wildman–Crippen MR) is 48.1 cm³/mol. The minimum absolute atomic E-state index is 0.407. The van der Waals surface area contributed by atoms with Crippen molar-refractivity contribution in [3.63, 3.8) is 0 Å². The fraction of sp³-hybridized carbons (Fsp3) is 0.222. The third-order valence-corrected chi connectivity index (χ3v) is 1.89. The summed E-state index contributed by atoms with van der Waals surface area (Å²) in [6, 6.07) is 3.50. The summed E-state index contributed by atoms with van der Waals surface area (Å²) in [6.07, 6.45) is 0.695. The van der Waals surface area contributed by atoms with E-state index in [0.717, 1.165) is 5.56 Å². The maximum atomic E-state index is 10.6. The number of methoxy groups -OCH3 is 1. The summed E-state index contributed by atoms with van der Waals surface area (Å²) in [6.45, 7) is 1.89. The van der Waals surface area contributed by atoms with E-state index in [1.165, 1.54) is 7.11 Å². The van der Waals surface area contributed by atoms with Gasteiger partial charge in [0.25, 0.3) is 0 Å². The number of rotatable bonds is 2. The molecular weight excluding hydrogens is 176 g/mol. The van der Waals surface area contributed by atoms with E-state index in [0.29, 0.717) is 22.6 Å². The van der Waals surface area contributed by atoms with E-state index in [1.807, 2.05) is 6.92 Å². The molecule has 2 nitrogen and oxygen atoms in total. The molecule has 0 N–H and O–H groups in total. The molecule has 1 aromatic carbocycles. The van der Waals surface area contributed by atoms with Crippen molar-refractivity contribution in [3.8, 4) is 5.75 Å². The van der Waals surface area contributed by atoms with Crippen molar-refractivity contribution < 1.29 is 9.53 Å². The first-order chi connectivity index (χ1) is 5.69. The molecule has 0 amide bonds. The summed E-state index contributed by atoms with van der Waals surface area (Å²) in [7, 11) is 1.51. The van der Waals surface area contributed by atoms with Gasteiger partial charge in [0.1, 0.15) is 5.75 Å². The average Bonchev–Trinajstić information content (AvgIpc) is 2.03. The number of benzene rings is 1. The molecule has 0 radical (unpaired) electrons. The highest BCUT2D eigenvalue weighted by molar-refractivity contribution is 6.33. The maximum Gasteiger partial charge on any atom is 0.155 e. The molecule has 1 aromatic rings. The van der Waals surface area contributed by atoms with Crippen molar-refractivity contribution in [2.45, 2.75) is 6.92 Å². The van der Waals surface area contributed by atoms with Crippen molar-refractivity contribution in [3.05, 3.63) is 28.3 Å². The molecule has 0 aliphatic rings. The van der Waals surface area contributed by atoms with Crippen LogP contribution in [0, 0.1) is 6.92 Å². The summed E-state index contributed by atoms with van der Waals surface area (Å²) in [4.78, 5) is 10.6. The minimum atomic E-state index is 0.407. The normalized spacial score (nSPS) is 9.58. The fourth-order valence-electron chi connectivity index (χ4n) is 1.00. The van der Waals surface area contributed by atoms with Crippen molar-refractivity contribution in [1.82, 2.24) is 0 Å². The lowest BCUT2D eigenvalue weighted by Gasteiger charge is -2.05. The Balaban J connectivity index is 3.33. The van der Waals surface area contributed by atoms with E-state index >= 15 is 0 Å². The number of aldehydes is 1. The number of carbonyl (C=O) groups is 1. The Labute approximate surface area is 76.1 Å². The van der Waals surface area contributed by atoms with E-state index in [9.17, 15) is 4.79 Å². The first-order valence-electron chi connectivity index (χ1n) is 3.48. The molecule has 0 saturated heterocycles. The molecule has 0 aliphatic carbocycles. The van der Waals surface area contributed by atoms with Gasteiger partial charge in [-0.1, -0.05) is 11.6 Å². The van der Waals surface area contributed by atoms with E-state index in [-0.39, 0.29) is 0 Å². The van der Waals surface area contributed by atoms with Crippen LogP contribution in [0.15, 0.2) is 12.1 Å². The highest BCUT2D eigenvalue weighted by Crippen LogP contribution is 2.26. The third-order valence-electron chi connectivity index (χ3n) is 1.57. The molecule has 12 heavy (non-hydrogen) atoms.